The number of nitrogens with zero attached hydrogens (tertiary/aromatic N) is 2. The van der Waals surface area contributed by atoms with E-state index in [4.69, 9.17) is 12.2 Å². The number of thiocarbonyl (C=S) groups is 1. The minimum atomic E-state index is -0.0438. The van der Waals surface area contributed by atoms with Crippen LogP contribution in [0.25, 0.3) is 6.08 Å². The molecule has 2 heterocycles. The fourth-order valence-corrected chi connectivity index (χ4v) is 6.10. The van der Waals surface area contributed by atoms with Crippen molar-refractivity contribution in [3.05, 3.63) is 64.1 Å². The van der Waals surface area contributed by atoms with E-state index in [-0.39, 0.29) is 11.4 Å². The van der Waals surface area contributed by atoms with Gasteiger partial charge in [0.25, 0.3) is 5.91 Å². The number of carbonyl (C=O) groups excluding carboxylic acids is 1. The standard InChI is InChI=1S/C25H28N2OS2/c1-6-26-21-12-16(2)18(13-20(21)17(3)15-25(26,4)5)14-22-23(28)27(24(29)30-22)19-10-8-7-9-11-19/h7-14,17H,6,15H2,1-5H3/b22-14+. The van der Waals surface area contributed by atoms with Gasteiger partial charge in [0.1, 0.15) is 0 Å². The predicted octanol–water partition coefficient (Wildman–Crippen LogP) is 6.51. The van der Waals surface area contributed by atoms with Crippen molar-refractivity contribution in [3.8, 4) is 0 Å². The van der Waals surface area contributed by atoms with E-state index in [9.17, 15) is 4.79 Å². The molecule has 2 aliphatic rings. The Morgan fingerprint density at radius 2 is 1.93 bits per heavy atom. The summed E-state index contributed by atoms with van der Waals surface area (Å²) in [5, 5.41) is 0. The molecule has 2 aromatic carbocycles. The molecule has 0 bridgehead atoms. The molecule has 3 nitrogen and oxygen atoms in total. The number of fused-ring (bicyclic) bond motifs is 1. The molecule has 0 spiro atoms. The second kappa shape index (κ2) is 7.86. The van der Waals surface area contributed by atoms with Gasteiger partial charge in [0, 0.05) is 17.8 Å². The maximum atomic E-state index is 13.1. The molecular formula is C25H28N2OS2. The van der Waals surface area contributed by atoms with Crippen molar-refractivity contribution in [3.63, 3.8) is 0 Å². The second-order valence-corrected chi connectivity index (χ2v) is 10.5. The van der Waals surface area contributed by atoms with Crippen LogP contribution in [0.4, 0.5) is 11.4 Å². The lowest BCUT2D eigenvalue weighted by Gasteiger charge is -2.47. The number of anilines is 2. The van der Waals surface area contributed by atoms with E-state index in [0.717, 1.165) is 24.2 Å². The lowest BCUT2D eigenvalue weighted by molar-refractivity contribution is -0.113. The number of rotatable bonds is 3. The molecular weight excluding hydrogens is 408 g/mol. The summed E-state index contributed by atoms with van der Waals surface area (Å²) in [7, 11) is 0. The van der Waals surface area contributed by atoms with Crippen LogP contribution in [-0.2, 0) is 4.79 Å². The highest BCUT2D eigenvalue weighted by Gasteiger charge is 2.36. The first kappa shape index (κ1) is 21.1. The fraction of sp³-hybridized carbons (Fsp3) is 0.360. The highest BCUT2D eigenvalue weighted by molar-refractivity contribution is 8.27. The number of hydrogen-bond donors (Lipinski definition) is 0. The minimum Gasteiger partial charge on any atom is -0.366 e. The average Bonchev–Trinajstić information content (AvgIpc) is 2.96. The zero-order valence-electron chi connectivity index (χ0n) is 18.2. The fourth-order valence-electron chi connectivity index (χ4n) is 4.81. The number of amides is 1. The van der Waals surface area contributed by atoms with Gasteiger partial charge in [0.15, 0.2) is 4.32 Å². The van der Waals surface area contributed by atoms with Gasteiger partial charge in [-0.15, -0.1) is 0 Å². The van der Waals surface area contributed by atoms with Gasteiger partial charge in [-0.05, 0) is 87.1 Å². The monoisotopic (exact) mass is 436 g/mol. The Bertz CT molecular complexity index is 1040. The lowest BCUT2D eigenvalue weighted by Crippen LogP contribution is -2.48. The first-order chi connectivity index (χ1) is 14.2. The van der Waals surface area contributed by atoms with Crippen molar-refractivity contribution < 1.29 is 4.79 Å². The van der Waals surface area contributed by atoms with E-state index in [0.29, 0.717) is 15.1 Å². The van der Waals surface area contributed by atoms with Crippen LogP contribution in [0.2, 0.25) is 0 Å². The third-order valence-corrected chi connectivity index (χ3v) is 7.49. The van der Waals surface area contributed by atoms with Gasteiger partial charge >= 0.3 is 0 Å². The third kappa shape index (κ3) is 3.58. The largest absolute Gasteiger partial charge is 0.366 e. The summed E-state index contributed by atoms with van der Waals surface area (Å²) in [5.74, 6) is 0.432. The molecule has 0 N–H and O–H groups in total. The number of benzene rings is 2. The van der Waals surface area contributed by atoms with Crippen LogP contribution < -0.4 is 9.80 Å². The van der Waals surface area contributed by atoms with Gasteiger partial charge < -0.3 is 4.90 Å². The Morgan fingerprint density at radius 3 is 2.60 bits per heavy atom. The molecule has 1 atom stereocenters. The molecule has 0 radical (unpaired) electrons. The molecule has 0 saturated carbocycles. The molecule has 0 aromatic heterocycles. The zero-order chi connectivity index (χ0) is 21.6. The predicted molar refractivity (Wildman–Crippen MR) is 133 cm³/mol. The van der Waals surface area contributed by atoms with Gasteiger partial charge in [0.05, 0.1) is 10.6 Å². The van der Waals surface area contributed by atoms with E-state index < -0.39 is 0 Å². The zero-order valence-corrected chi connectivity index (χ0v) is 19.9. The van der Waals surface area contributed by atoms with Crippen molar-refractivity contribution in [2.45, 2.75) is 52.5 Å². The Hall–Kier alpha value is -2.11. The molecule has 5 heteroatoms. The summed E-state index contributed by atoms with van der Waals surface area (Å²) in [6.45, 7) is 12.3. The molecule has 1 fully saturated rings. The number of thioether (sulfide) groups is 1. The molecule has 1 amide bonds. The van der Waals surface area contributed by atoms with Crippen LogP contribution in [0.1, 0.15) is 56.7 Å². The highest BCUT2D eigenvalue weighted by Crippen LogP contribution is 2.45. The highest BCUT2D eigenvalue weighted by atomic mass is 32.2. The summed E-state index contributed by atoms with van der Waals surface area (Å²) in [5.41, 5.74) is 5.94. The van der Waals surface area contributed by atoms with E-state index in [1.165, 1.54) is 28.6 Å². The number of hydrogen-bond acceptors (Lipinski definition) is 4. The molecule has 1 saturated heterocycles. The molecule has 4 rings (SSSR count). The summed E-state index contributed by atoms with van der Waals surface area (Å²) >= 11 is 6.90. The number of aryl methyl sites for hydroxylation is 1. The van der Waals surface area contributed by atoms with Gasteiger partial charge in [-0.1, -0.05) is 49.1 Å². The molecule has 1 unspecified atom stereocenters. The molecule has 2 aliphatic heterocycles. The molecule has 0 aliphatic carbocycles. The normalized spacial score (nSPS) is 22.0. The van der Waals surface area contributed by atoms with Gasteiger partial charge in [-0.25, -0.2) is 0 Å². The third-order valence-electron chi connectivity index (χ3n) is 6.18. The van der Waals surface area contributed by atoms with E-state index >= 15 is 0 Å². The van der Waals surface area contributed by atoms with Crippen molar-refractivity contribution in [1.29, 1.82) is 0 Å². The van der Waals surface area contributed by atoms with Crippen LogP contribution in [0, 0.1) is 6.92 Å². The lowest BCUT2D eigenvalue weighted by atomic mass is 9.79. The summed E-state index contributed by atoms with van der Waals surface area (Å²) < 4.78 is 0.584. The van der Waals surface area contributed by atoms with E-state index in [2.05, 4.69) is 51.7 Å². The van der Waals surface area contributed by atoms with Gasteiger partial charge in [-0.2, -0.15) is 0 Å². The van der Waals surface area contributed by atoms with Crippen molar-refractivity contribution in [1.82, 2.24) is 0 Å². The van der Waals surface area contributed by atoms with Crippen LogP contribution >= 0.6 is 24.0 Å². The quantitative estimate of drug-likeness (QED) is 0.404. The average molecular weight is 437 g/mol. The Morgan fingerprint density at radius 1 is 1.23 bits per heavy atom. The maximum absolute atomic E-state index is 13.1. The summed E-state index contributed by atoms with van der Waals surface area (Å²) in [6.07, 6.45) is 3.13. The summed E-state index contributed by atoms with van der Waals surface area (Å²) in [6, 6.07) is 14.2. The van der Waals surface area contributed by atoms with Crippen molar-refractivity contribution in [2.24, 2.45) is 0 Å². The Kier molecular flexibility index (Phi) is 5.54. The SMILES string of the molecule is CCN1c2cc(C)c(/C=C3/SC(=S)N(c4ccccc4)C3=O)cc2C(C)CC1(C)C. The van der Waals surface area contributed by atoms with Crippen LogP contribution in [-0.4, -0.2) is 22.3 Å². The maximum Gasteiger partial charge on any atom is 0.270 e. The number of para-hydroxylation sites is 1. The Balaban J connectivity index is 1.73. The van der Waals surface area contributed by atoms with E-state index in [1.54, 1.807) is 4.90 Å². The van der Waals surface area contributed by atoms with Crippen LogP contribution in [0.3, 0.4) is 0 Å². The molecule has 30 heavy (non-hydrogen) atoms. The molecule has 2 aromatic rings. The van der Waals surface area contributed by atoms with Crippen molar-refractivity contribution in [2.75, 3.05) is 16.3 Å². The smallest absolute Gasteiger partial charge is 0.270 e. The van der Waals surface area contributed by atoms with Crippen LogP contribution in [0.15, 0.2) is 47.4 Å². The Labute approximate surface area is 189 Å². The van der Waals surface area contributed by atoms with Crippen LogP contribution in [0.5, 0.6) is 0 Å². The minimum absolute atomic E-state index is 0.0438. The first-order valence-electron chi connectivity index (χ1n) is 10.5. The second-order valence-electron chi connectivity index (χ2n) is 8.78. The summed E-state index contributed by atoms with van der Waals surface area (Å²) in [4.78, 5) is 17.9. The topological polar surface area (TPSA) is 23.6 Å². The number of carbonyl (C=O) groups is 1. The van der Waals surface area contributed by atoms with E-state index in [1.807, 2.05) is 36.4 Å². The first-order valence-corrected chi connectivity index (χ1v) is 11.7. The molecule has 156 valence electrons. The van der Waals surface area contributed by atoms with Gasteiger partial charge in [0.2, 0.25) is 0 Å². The van der Waals surface area contributed by atoms with Gasteiger partial charge in [-0.3, -0.25) is 9.69 Å². The van der Waals surface area contributed by atoms with Crippen molar-refractivity contribution >= 4 is 51.7 Å².